The van der Waals surface area contributed by atoms with Crippen molar-refractivity contribution in [2.24, 2.45) is 5.92 Å². The van der Waals surface area contributed by atoms with Crippen molar-refractivity contribution in [1.29, 1.82) is 0 Å². The van der Waals surface area contributed by atoms with E-state index in [9.17, 15) is 4.79 Å². The van der Waals surface area contributed by atoms with Crippen LogP contribution in [0, 0.1) is 12.8 Å². The van der Waals surface area contributed by atoms with Crippen LogP contribution in [0.25, 0.3) is 0 Å². The summed E-state index contributed by atoms with van der Waals surface area (Å²) < 4.78 is 5.14. The van der Waals surface area contributed by atoms with Gasteiger partial charge in [0.25, 0.3) is 5.91 Å². The lowest BCUT2D eigenvalue weighted by Gasteiger charge is -2.19. The molecular formula is C14H20N2O2. The van der Waals surface area contributed by atoms with Crippen LogP contribution >= 0.6 is 0 Å². The van der Waals surface area contributed by atoms with E-state index in [4.69, 9.17) is 10.5 Å². The summed E-state index contributed by atoms with van der Waals surface area (Å²) in [7, 11) is 1.70. The number of carbonyl (C=O) groups excluding carboxylic acids is 1. The summed E-state index contributed by atoms with van der Waals surface area (Å²) >= 11 is 0. The number of benzene rings is 1. The minimum atomic E-state index is 0.0456. The summed E-state index contributed by atoms with van der Waals surface area (Å²) in [6.45, 7) is 4.19. The Morgan fingerprint density at radius 2 is 2.33 bits per heavy atom. The van der Waals surface area contributed by atoms with Gasteiger partial charge < -0.3 is 15.4 Å². The molecule has 1 atom stereocenters. The van der Waals surface area contributed by atoms with Crippen LogP contribution in [0.4, 0.5) is 5.69 Å². The minimum absolute atomic E-state index is 0.0456. The van der Waals surface area contributed by atoms with E-state index in [0.717, 1.165) is 25.1 Å². The fourth-order valence-electron chi connectivity index (χ4n) is 2.53. The normalized spacial score (nSPS) is 19.2. The van der Waals surface area contributed by atoms with Crippen LogP contribution in [0.15, 0.2) is 18.2 Å². The Balaban J connectivity index is 2.13. The first kappa shape index (κ1) is 12.9. The zero-order chi connectivity index (χ0) is 13.1. The highest BCUT2D eigenvalue weighted by atomic mass is 16.5. The third-order valence-corrected chi connectivity index (χ3v) is 3.49. The number of rotatable bonds is 3. The van der Waals surface area contributed by atoms with Gasteiger partial charge in [0, 0.05) is 31.8 Å². The van der Waals surface area contributed by atoms with Gasteiger partial charge in [0.15, 0.2) is 0 Å². The van der Waals surface area contributed by atoms with Gasteiger partial charge in [-0.25, -0.2) is 0 Å². The van der Waals surface area contributed by atoms with Crippen molar-refractivity contribution >= 4 is 11.6 Å². The molecule has 18 heavy (non-hydrogen) atoms. The number of amides is 1. The molecule has 1 aromatic carbocycles. The van der Waals surface area contributed by atoms with E-state index in [1.807, 2.05) is 24.0 Å². The van der Waals surface area contributed by atoms with Gasteiger partial charge in [0.05, 0.1) is 12.2 Å². The fourth-order valence-corrected chi connectivity index (χ4v) is 2.53. The lowest BCUT2D eigenvalue weighted by Crippen LogP contribution is -2.30. The van der Waals surface area contributed by atoms with Crippen molar-refractivity contribution < 1.29 is 9.53 Å². The van der Waals surface area contributed by atoms with E-state index < -0.39 is 0 Å². The zero-order valence-electron chi connectivity index (χ0n) is 11.0. The Hall–Kier alpha value is -1.55. The van der Waals surface area contributed by atoms with Gasteiger partial charge in [0.1, 0.15) is 0 Å². The number of carbonyl (C=O) groups is 1. The maximum atomic E-state index is 12.4. The molecule has 4 heteroatoms. The largest absolute Gasteiger partial charge is 0.398 e. The monoisotopic (exact) mass is 248 g/mol. The number of hydrogen-bond donors (Lipinski definition) is 1. The van der Waals surface area contributed by atoms with Crippen LogP contribution in [-0.4, -0.2) is 37.6 Å². The molecular weight excluding hydrogens is 228 g/mol. The SMILES string of the molecule is COCC1CCN(C(=O)c2c(C)cccc2N)C1. The maximum Gasteiger partial charge on any atom is 0.256 e. The summed E-state index contributed by atoms with van der Waals surface area (Å²) in [5.41, 5.74) is 8.06. The van der Waals surface area contributed by atoms with Crippen molar-refractivity contribution in [2.75, 3.05) is 32.5 Å². The predicted octanol–water partition coefficient (Wildman–Crippen LogP) is 1.69. The molecule has 1 unspecified atom stereocenters. The Kier molecular flexibility index (Phi) is 3.87. The van der Waals surface area contributed by atoms with Crippen molar-refractivity contribution in [3.8, 4) is 0 Å². The van der Waals surface area contributed by atoms with Gasteiger partial charge in [-0.3, -0.25) is 4.79 Å². The molecule has 0 radical (unpaired) electrons. The molecule has 0 bridgehead atoms. The Labute approximate surface area is 108 Å². The first-order chi connectivity index (χ1) is 8.63. The van der Waals surface area contributed by atoms with Crippen LogP contribution < -0.4 is 5.73 Å². The summed E-state index contributed by atoms with van der Waals surface area (Å²) in [5, 5.41) is 0. The molecule has 1 heterocycles. The summed E-state index contributed by atoms with van der Waals surface area (Å²) in [4.78, 5) is 14.3. The molecule has 0 saturated carbocycles. The molecule has 0 aliphatic carbocycles. The number of ether oxygens (including phenoxy) is 1. The molecule has 1 aliphatic rings. The second kappa shape index (κ2) is 5.40. The molecule has 0 spiro atoms. The van der Waals surface area contributed by atoms with Gasteiger partial charge in [-0.15, -0.1) is 0 Å². The van der Waals surface area contributed by atoms with E-state index >= 15 is 0 Å². The number of likely N-dealkylation sites (tertiary alicyclic amines) is 1. The molecule has 0 aromatic heterocycles. The van der Waals surface area contributed by atoms with Crippen molar-refractivity contribution in [3.63, 3.8) is 0 Å². The molecule has 98 valence electrons. The molecule has 2 N–H and O–H groups in total. The molecule has 1 saturated heterocycles. The van der Waals surface area contributed by atoms with Crippen molar-refractivity contribution in [3.05, 3.63) is 29.3 Å². The highest BCUT2D eigenvalue weighted by Crippen LogP contribution is 2.23. The Bertz CT molecular complexity index is 425. The van der Waals surface area contributed by atoms with Crippen molar-refractivity contribution in [1.82, 2.24) is 4.90 Å². The number of hydrogen-bond acceptors (Lipinski definition) is 3. The first-order valence-corrected chi connectivity index (χ1v) is 6.26. The highest BCUT2D eigenvalue weighted by molar-refractivity contribution is 6.00. The second-order valence-electron chi connectivity index (χ2n) is 4.90. The smallest absolute Gasteiger partial charge is 0.256 e. The van der Waals surface area contributed by atoms with Crippen LogP contribution in [0.1, 0.15) is 22.3 Å². The average molecular weight is 248 g/mol. The second-order valence-corrected chi connectivity index (χ2v) is 4.90. The van der Waals surface area contributed by atoms with Gasteiger partial charge in [0.2, 0.25) is 0 Å². The predicted molar refractivity (Wildman–Crippen MR) is 71.5 cm³/mol. The number of nitrogen functional groups attached to an aromatic ring is 1. The van der Waals surface area contributed by atoms with Gasteiger partial charge >= 0.3 is 0 Å². The topological polar surface area (TPSA) is 55.6 Å². The van der Waals surface area contributed by atoms with Crippen LogP contribution in [0.5, 0.6) is 0 Å². The number of nitrogens with zero attached hydrogens (tertiary/aromatic N) is 1. The number of methoxy groups -OCH3 is 1. The third-order valence-electron chi connectivity index (χ3n) is 3.49. The molecule has 1 aliphatic heterocycles. The van der Waals surface area contributed by atoms with E-state index in [-0.39, 0.29) is 5.91 Å². The highest BCUT2D eigenvalue weighted by Gasteiger charge is 2.28. The lowest BCUT2D eigenvalue weighted by atomic mass is 10.1. The van der Waals surface area contributed by atoms with Gasteiger partial charge in [-0.05, 0) is 25.0 Å². The number of anilines is 1. The van der Waals surface area contributed by atoms with E-state index in [1.54, 1.807) is 13.2 Å². The quantitative estimate of drug-likeness (QED) is 0.828. The lowest BCUT2D eigenvalue weighted by molar-refractivity contribution is 0.0776. The van der Waals surface area contributed by atoms with Crippen molar-refractivity contribution in [2.45, 2.75) is 13.3 Å². The molecule has 4 nitrogen and oxygen atoms in total. The molecule has 1 fully saturated rings. The average Bonchev–Trinajstić information content (AvgIpc) is 2.78. The first-order valence-electron chi connectivity index (χ1n) is 6.26. The van der Waals surface area contributed by atoms with Gasteiger partial charge in [-0.1, -0.05) is 12.1 Å². The van der Waals surface area contributed by atoms with Gasteiger partial charge in [-0.2, -0.15) is 0 Å². The number of aryl methyl sites for hydroxylation is 1. The summed E-state index contributed by atoms with van der Waals surface area (Å²) in [5.74, 6) is 0.494. The fraction of sp³-hybridized carbons (Fsp3) is 0.500. The minimum Gasteiger partial charge on any atom is -0.398 e. The standard InChI is InChI=1S/C14H20N2O2/c1-10-4-3-5-12(15)13(10)14(17)16-7-6-11(8-16)9-18-2/h3-5,11H,6-9,15H2,1-2H3. The zero-order valence-corrected chi connectivity index (χ0v) is 11.0. The maximum absolute atomic E-state index is 12.4. The third kappa shape index (κ3) is 2.48. The van der Waals surface area contributed by atoms with E-state index in [1.165, 1.54) is 0 Å². The van der Waals surface area contributed by atoms with Crippen LogP contribution in [0.2, 0.25) is 0 Å². The molecule has 2 rings (SSSR count). The molecule has 1 aromatic rings. The van der Waals surface area contributed by atoms with Crippen LogP contribution in [0.3, 0.4) is 0 Å². The molecule has 1 amide bonds. The van der Waals surface area contributed by atoms with E-state index in [0.29, 0.717) is 23.8 Å². The number of nitrogens with two attached hydrogens (primary N) is 1. The summed E-state index contributed by atoms with van der Waals surface area (Å²) in [6.07, 6.45) is 1.01. The van der Waals surface area contributed by atoms with E-state index in [2.05, 4.69) is 0 Å². The summed E-state index contributed by atoms with van der Waals surface area (Å²) in [6, 6.07) is 5.58. The Morgan fingerprint density at radius 3 is 3.00 bits per heavy atom. The van der Waals surface area contributed by atoms with Crippen LogP contribution in [-0.2, 0) is 4.74 Å². The Morgan fingerprint density at radius 1 is 1.56 bits per heavy atom.